The summed E-state index contributed by atoms with van der Waals surface area (Å²) in [6, 6.07) is 17.9. The van der Waals surface area contributed by atoms with E-state index in [1.54, 1.807) is 12.1 Å². The highest BCUT2D eigenvalue weighted by atomic mass is 16.7. The predicted octanol–water partition coefficient (Wildman–Crippen LogP) is 5.52. The van der Waals surface area contributed by atoms with Gasteiger partial charge in [0.25, 0.3) is 5.69 Å². The minimum Gasteiger partial charge on any atom is -0.494 e. The molecule has 0 radical (unpaired) electrons. The van der Waals surface area contributed by atoms with Crippen molar-refractivity contribution in [1.82, 2.24) is 9.88 Å². The molecule has 0 atom stereocenters. The molecular weight excluding hydrogens is 460 g/mol. The number of non-ortho nitro benzene ring substituents is 1. The monoisotopic (exact) mass is 486 g/mol. The number of nitrogens with zero attached hydrogens (tertiary/aromatic N) is 3. The number of nitro groups is 1. The van der Waals surface area contributed by atoms with Gasteiger partial charge in [-0.2, -0.15) is 0 Å². The first kappa shape index (κ1) is 23.4. The highest BCUT2D eigenvalue weighted by Gasteiger charge is 2.23. The molecule has 0 fully saturated rings. The van der Waals surface area contributed by atoms with Crippen LogP contribution in [0.1, 0.15) is 30.5 Å². The Morgan fingerprint density at radius 2 is 1.81 bits per heavy atom. The van der Waals surface area contributed by atoms with Crippen molar-refractivity contribution >= 4 is 28.0 Å². The van der Waals surface area contributed by atoms with E-state index < -0.39 is 4.92 Å². The maximum atomic E-state index is 11.3. The van der Waals surface area contributed by atoms with Crippen LogP contribution in [0.4, 0.5) is 11.4 Å². The molecule has 0 unspecified atom stereocenters. The number of rotatable bonds is 8. The summed E-state index contributed by atoms with van der Waals surface area (Å²) < 4.78 is 11.0. The molecule has 9 heteroatoms. The van der Waals surface area contributed by atoms with Crippen LogP contribution >= 0.6 is 0 Å². The van der Waals surface area contributed by atoms with Crippen LogP contribution in [0.15, 0.2) is 65.7 Å². The molecule has 1 aromatic heterocycles. The Kier molecular flexibility index (Phi) is 6.30. The molecular formula is C27H26N4O5. The van der Waals surface area contributed by atoms with Crippen LogP contribution in [0.3, 0.4) is 0 Å². The van der Waals surface area contributed by atoms with E-state index in [0.717, 1.165) is 19.6 Å². The van der Waals surface area contributed by atoms with Crippen molar-refractivity contribution in [3.05, 3.63) is 87.5 Å². The van der Waals surface area contributed by atoms with Gasteiger partial charge in [-0.05, 0) is 55.1 Å². The molecule has 36 heavy (non-hydrogen) atoms. The maximum Gasteiger partial charge on any atom is 0.271 e. The number of hydrogen-bond acceptors (Lipinski definition) is 7. The van der Waals surface area contributed by atoms with E-state index in [-0.39, 0.29) is 18.4 Å². The number of aromatic hydroxyl groups is 1. The van der Waals surface area contributed by atoms with E-state index in [2.05, 4.69) is 23.7 Å². The van der Waals surface area contributed by atoms with E-state index in [1.807, 2.05) is 36.4 Å². The lowest BCUT2D eigenvalue weighted by molar-refractivity contribution is -0.384. The number of hydrogen-bond donors (Lipinski definition) is 2. The van der Waals surface area contributed by atoms with E-state index in [9.17, 15) is 15.2 Å². The molecule has 184 valence electrons. The smallest absolute Gasteiger partial charge is 0.271 e. The number of fused-ring (bicyclic) bond motifs is 2. The number of aliphatic imine (C=N–C) groups is 1. The number of aromatic nitrogens is 1. The molecule has 0 saturated carbocycles. The fraction of sp³-hybridized carbons (Fsp3) is 0.222. The zero-order chi connectivity index (χ0) is 25.2. The normalized spacial score (nSPS) is 13.0. The van der Waals surface area contributed by atoms with Crippen molar-refractivity contribution in [2.75, 3.05) is 19.9 Å². The third kappa shape index (κ3) is 4.48. The van der Waals surface area contributed by atoms with Crippen LogP contribution in [0, 0.1) is 10.1 Å². The van der Waals surface area contributed by atoms with Gasteiger partial charge in [-0.25, -0.2) is 4.99 Å². The highest BCUT2D eigenvalue weighted by Crippen LogP contribution is 2.37. The first-order chi connectivity index (χ1) is 17.5. The van der Waals surface area contributed by atoms with Gasteiger partial charge in [0, 0.05) is 29.6 Å². The van der Waals surface area contributed by atoms with Crippen molar-refractivity contribution in [2.45, 2.75) is 20.4 Å². The number of ether oxygens (including phenoxy) is 2. The lowest BCUT2D eigenvalue weighted by Crippen LogP contribution is -2.21. The number of nitrogens with one attached hydrogen (secondary N) is 1. The standard InChI is InChI=1S/C27H26N4O5/c1-3-30(4-2)15-17-5-8-19(9-6-17)28-26(18-7-12-23-24(13-18)36-16-35-23)25-21-11-10-20(31(33)34)14-22(21)29-27(25)32/h5-14,29,32H,3-4,15-16H2,1-2H3. The number of benzene rings is 3. The molecule has 3 aromatic carbocycles. The zero-order valence-electron chi connectivity index (χ0n) is 20.0. The van der Waals surface area contributed by atoms with Crippen LogP contribution < -0.4 is 9.47 Å². The molecule has 0 saturated heterocycles. The van der Waals surface area contributed by atoms with Crippen molar-refractivity contribution < 1.29 is 19.5 Å². The summed E-state index contributed by atoms with van der Waals surface area (Å²) in [4.78, 5) is 20.9. The summed E-state index contributed by atoms with van der Waals surface area (Å²) in [7, 11) is 0. The number of H-pyrrole nitrogens is 1. The van der Waals surface area contributed by atoms with E-state index in [4.69, 9.17) is 14.5 Å². The SMILES string of the molecule is CCN(CC)Cc1ccc(N=C(c2ccc3c(c2)OCO3)c2c(O)[nH]c3cc([N+](=O)[O-])ccc23)cc1. The second-order valence-corrected chi connectivity index (χ2v) is 8.49. The number of nitro benzene ring substituents is 1. The third-order valence-electron chi connectivity index (χ3n) is 6.33. The van der Waals surface area contributed by atoms with Gasteiger partial charge >= 0.3 is 0 Å². The molecule has 2 N–H and O–H groups in total. The van der Waals surface area contributed by atoms with Gasteiger partial charge in [0.1, 0.15) is 0 Å². The minimum absolute atomic E-state index is 0.0688. The molecule has 0 amide bonds. The van der Waals surface area contributed by atoms with Gasteiger partial charge < -0.3 is 19.6 Å². The molecule has 2 heterocycles. The Morgan fingerprint density at radius 3 is 2.53 bits per heavy atom. The first-order valence-corrected chi connectivity index (χ1v) is 11.8. The van der Waals surface area contributed by atoms with E-state index in [0.29, 0.717) is 44.9 Å². The van der Waals surface area contributed by atoms with E-state index in [1.165, 1.54) is 17.7 Å². The predicted molar refractivity (Wildman–Crippen MR) is 138 cm³/mol. The lowest BCUT2D eigenvalue weighted by atomic mass is 10.00. The van der Waals surface area contributed by atoms with Crippen LogP contribution in [-0.2, 0) is 6.54 Å². The van der Waals surface area contributed by atoms with E-state index >= 15 is 0 Å². The first-order valence-electron chi connectivity index (χ1n) is 11.8. The zero-order valence-corrected chi connectivity index (χ0v) is 20.0. The van der Waals surface area contributed by atoms with Crippen LogP contribution in [-0.4, -0.2) is 45.5 Å². The Morgan fingerprint density at radius 1 is 1.06 bits per heavy atom. The molecule has 1 aliphatic heterocycles. The van der Waals surface area contributed by atoms with Gasteiger partial charge in [0.05, 0.1) is 27.4 Å². The second kappa shape index (κ2) is 9.71. The average Bonchev–Trinajstić information content (AvgIpc) is 3.49. The van der Waals surface area contributed by atoms with Gasteiger partial charge in [0.15, 0.2) is 17.4 Å². The van der Waals surface area contributed by atoms with Crippen molar-refractivity contribution in [3.63, 3.8) is 0 Å². The fourth-order valence-electron chi connectivity index (χ4n) is 4.34. The van der Waals surface area contributed by atoms with Gasteiger partial charge in [-0.1, -0.05) is 26.0 Å². The molecule has 9 nitrogen and oxygen atoms in total. The molecule has 0 spiro atoms. The van der Waals surface area contributed by atoms with Crippen LogP contribution in [0.2, 0.25) is 0 Å². The van der Waals surface area contributed by atoms with Gasteiger partial charge in [0.2, 0.25) is 6.79 Å². The van der Waals surface area contributed by atoms with Crippen LogP contribution in [0.25, 0.3) is 10.9 Å². The maximum absolute atomic E-state index is 11.3. The summed E-state index contributed by atoms with van der Waals surface area (Å²) in [5, 5.41) is 22.8. The average molecular weight is 487 g/mol. The summed E-state index contributed by atoms with van der Waals surface area (Å²) in [5.41, 5.74) is 3.93. The van der Waals surface area contributed by atoms with Crippen molar-refractivity contribution in [3.8, 4) is 17.4 Å². The van der Waals surface area contributed by atoms with Crippen LogP contribution in [0.5, 0.6) is 17.4 Å². The third-order valence-corrected chi connectivity index (χ3v) is 6.33. The molecule has 0 bridgehead atoms. The minimum atomic E-state index is -0.469. The summed E-state index contributed by atoms with van der Waals surface area (Å²) >= 11 is 0. The molecule has 4 aromatic rings. The molecule has 0 aliphatic carbocycles. The highest BCUT2D eigenvalue weighted by molar-refractivity contribution is 6.22. The Hall–Kier alpha value is -4.37. The summed E-state index contributed by atoms with van der Waals surface area (Å²) in [6.45, 7) is 7.23. The Labute approximate surface area is 207 Å². The summed E-state index contributed by atoms with van der Waals surface area (Å²) in [6.07, 6.45) is 0. The Bertz CT molecular complexity index is 1460. The number of aromatic amines is 1. The lowest BCUT2D eigenvalue weighted by Gasteiger charge is -2.17. The molecule has 5 rings (SSSR count). The fourth-order valence-corrected chi connectivity index (χ4v) is 4.34. The largest absolute Gasteiger partial charge is 0.494 e. The second-order valence-electron chi connectivity index (χ2n) is 8.49. The van der Waals surface area contributed by atoms with Gasteiger partial charge in [-0.3, -0.25) is 15.0 Å². The van der Waals surface area contributed by atoms with Gasteiger partial charge in [-0.15, -0.1) is 0 Å². The Balaban J connectivity index is 1.62. The molecule has 1 aliphatic rings. The summed E-state index contributed by atoms with van der Waals surface area (Å²) in [5.74, 6) is 1.10. The van der Waals surface area contributed by atoms with Crippen molar-refractivity contribution in [2.24, 2.45) is 4.99 Å². The topological polar surface area (TPSA) is 113 Å². The quantitative estimate of drug-likeness (QED) is 0.193. The van der Waals surface area contributed by atoms with Crippen molar-refractivity contribution in [1.29, 1.82) is 0 Å².